The summed E-state index contributed by atoms with van der Waals surface area (Å²) in [6.45, 7) is 0. The topological polar surface area (TPSA) is 74.6 Å². The second-order valence-corrected chi connectivity index (χ2v) is 3.31. The molecule has 0 saturated heterocycles. The number of halogens is 1. The number of carbonyl (C=O) groups is 2. The quantitative estimate of drug-likeness (QED) is 0.554. The molecule has 2 N–H and O–H groups in total. The third kappa shape index (κ3) is 0.605. The van der Waals surface area contributed by atoms with Crippen LogP contribution >= 0.6 is 0 Å². The molecule has 5 heteroatoms. The van der Waals surface area contributed by atoms with Gasteiger partial charge in [0.1, 0.15) is 6.10 Å². The number of rotatable bonds is 1. The molecule has 0 aliphatic heterocycles. The van der Waals surface area contributed by atoms with Crippen molar-refractivity contribution in [3.63, 3.8) is 0 Å². The molecule has 0 aromatic rings. The van der Waals surface area contributed by atoms with E-state index in [2.05, 4.69) is 0 Å². The summed E-state index contributed by atoms with van der Waals surface area (Å²) in [5.41, 5.74) is -2.38. The van der Waals surface area contributed by atoms with Crippen LogP contribution in [-0.2, 0) is 9.59 Å². The fourth-order valence-electron chi connectivity index (χ4n) is 1.99. The summed E-state index contributed by atoms with van der Waals surface area (Å²) < 4.78 is 13.2. The normalized spacial score (nSPS) is 50.5. The molecule has 0 aromatic carbocycles. The molecule has 0 bridgehead atoms. The Kier molecular flexibility index (Phi) is 1.18. The number of aliphatic hydroxyl groups is 1. The first kappa shape index (κ1) is 7.67. The summed E-state index contributed by atoms with van der Waals surface area (Å²) in [6, 6.07) is 0. The minimum atomic E-state index is -2.38. The van der Waals surface area contributed by atoms with Crippen LogP contribution in [-0.4, -0.2) is 33.7 Å². The number of hydrogen-bond acceptors (Lipinski definition) is 3. The summed E-state index contributed by atoms with van der Waals surface area (Å²) in [6.07, 6.45) is -1.20. The van der Waals surface area contributed by atoms with Gasteiger partial charge in [-0.1, -0.05) is 0 Å². The molecule has 2 aliphatic carbocycles. The Hall–Kier alpha value is -0.970. The number of carboxylic acids is 1. The van der Waals surface area contributed by atoms with Crippen LogP contribution in [0.15, 0.2) is 0 Å². The molecule has 4 nitrogen and oxygen atoms in total. The number of fused-ring (bicyclic) bond motifs is 1. The standard InChI is InChI=1S/C7H7FO4/c8-7(6(11)12)2-1-3(9)5(10)4(2)7/h2-4,9H,1H2,(H,11,12). The Morgan fingerprint density at radius 1 is 1.67 bits per heavy atom. The van der Waals surface area contributed by atoms with E-state index in [0.717, 1.165) is 0 Å². The van der Waals surface area contributed by atoms with Gasteiger partial charge in [-0.25, -0.2) is 9.18 Å². The van der Waals surface area contributed by atoms with Gasteiger partial charge in [-0.15, -0.1) is 0 Å². The van der Waals surface area contributed by atoms with Crippen molar-refractivity contribution < 1.29 is 24.2 Å². The molecule has 0 radical (unpaired) electrons. The van der Waals surface area contributed by atoms with Crippen LogP contribution in [0.5, 0.6) is 0 Å². The largest absolute Gasteiger partial charge is 0.479 e. The van der Waals surface area contributed by atoms with Crippen molar-refractivity contribution in [2.75, 3.05) is 0 Å². The molecule has 4 atom stereocenters. The van der Waals surface area contributed by atoms with Gasteiger partial charge in [0.2, 0.25) is 5.67 Å². The highest BCUT2D eigenvalue weighted by molar-refractivity contribution is 6.01. The number of Topliss-reactive ketones (excluding diaryl/α,β-unsaturated/α-hetero) is 1. The van der Waals surface area contributed by atoms with E-state index in [0.29, 0.717) is 0 Å². The highest BCUT2D eigenvalue weighted by atomic mass is 19.1. The molecule has 4 unspecified atom stereocenters. The highest BCUT2D eigenvalue weighted by Gasteiger charge is 2.78. The third-order valence-electron chi connectivity index (χ3n) is 2.73. The van der Waals surface area contributed by atoms with Crippen LogP contribution in [0.1, 0.15) is 6.42 Å². The average molecular weight is 174 g/mol. The monoisotopic (exact) mass is 174 g/mol. The molecule has 0 heterocycles. The number of alkyl halides is 1. The maximum atomic E-state index is 13.2. The van der Waals surface area contributed by atoms with Crippen molar-refractivity contribution in [1.82, 2.24) is 0 Å². The summed E-state index contributed by atoms with van der Waals surface area (Å²) in [4.78, 5) is 21.3. The van der Waals surface area contributed by atoms with Gasteiger partial charge in [0.25, 0.3) is 0 Å². The Labute approximate surface area is 67.0 Å². The molecular weight excluding hydrogens is 167 g/mol. The lowest BCUT2D eigenvalue weighted by molar-refractivity contribution is -0.149. The van der Waals surface area contributed by atoms with E-state index in [4.69, 9.17) is 10.2 Å². The third-order valence-corrected chi connectivity index (χ3v) is 2.73. The van der Waals surface area contributed by atoms with E-state index in [1.165, 1.54) is 0 Å². The fourth-order valence-corrected chi connectivity index (χ4v) is 1.99. The van der Waals surface area contributed by atoms with Crippen molar-refractivity contribution in [3.05, 3.63) is 0 Å². The maximum Gasteiger partial charge on any atom is 0.342 e. The van der Waals surface area contributed by atoms with E-state index in [1.54, 1.807) is 0 Å². The predicted octanol–water partition coefficient (Wildman–Crippen LogP) is -0.641. The lowest BCUT2D eigenvalue weighted by atomic mass is 10.1. The van der Waals surface area contributed by atoms with Crippen molar-refractivity contribution in [1.29, 1.82) is 0 Å². The molecule has 2 fully saturated rings. The Morgan fingerprint density at radius 3 is 2.58 bits per heavy atom. The second kappa shape index (κ2) is 1.85. The summed E-state index contributed by atoms with van der Waals surface area (Å²) >= 11 is 0. The molecule has 2 rings (SSSR count). The molecule has 2 saturated carbocycles. The lowest BCUT2D eigenvalue weighted by Gasteiger charge is -2.08. The van der Waals surface area contributed by atoms with Gasteiger partial charge < -0.3 is 10.2 Å². The molecular formula is C7H7FO4. The van der Waals surface area contributed by atoms with Crippen molar-refractivity contribution in [2.24, 2.45) is 11.8 Å². The second-order valence-electron chi connectivity index (χ2n) is 3.31. The van der Waals surface area contributed by atoms with Crippen LogP contribution in [0, 0.1) is 11.8 Å². The van der Waals surface area contributed by atoms with E-state index in [1.807, 2.05) is 0 Å². The van der Waals surface area contributed by atoms with Crippen LogP contribution in [0.3, 0.4) is 0 Å². The van der Waals surface area contributed by atoms with Gasteiger partial charge >= 0.3 is 5.97 Å². The van der Waals surface area contributed by atoms with Crippen molar-refractivity contribution in [3.8, 4) is 0 Å². The summed E-state index contributed by atoms with van der Waals surface area (Å²) in [5, 5.41) is 17.3. The minimum absolute atomic E-state index is 0.0493. The number of aliphatic hydroxyl groups excluding tert-OH is 1. The minimum Gasteiger partial charge on any atom is -0.479 e. The average Bonchev–Trinajstić information content (AvgIpc) is 2.43. The molecule has 0 spiro atoms. The zero-order valence-electron chi connectivity index (χ0n) is 6.03. The van der Waals surface area contributed by atoms with Gasteiger partial charge in [0.15, 0.2) is 5.78 Å². The smallest absolute Gasteiger partial charge is 0.342 e. The van der Waals surface area contributed by atoms with Crippen LogP contribution < -0.4 is 0 Å². The SMILES string of the molecule is O=C1C(O)CC2C1C2(F)C(=O)O. The fraction of sp³-hybridized carbons (Fsp3) is 0.714. The zero-order valence-corrected chi connectivity index (χ0v) is 6.03. The van der Waals surface area contributed by atoms with Gasteiger partial charge in [-0.05, 0) is 6.42 Å². The zero-order chi connectivity index (χ0) is 9.09. The van der Waals surface area contributed by atoms with Crippen molar-refractivity contribution >= 4 is 11.8 Å². The number of ketones is 1. The Balaban J connectivity index is 2.24. The summed E-state index contributed by atoms with van der Waals surface area (Å²) in [7, 11) is 0. The number of carboxylic acid groups (broad SMARTS) is 1. The summed E-state index contributed by atoms with van der Waals surface area (Å²) in [5.74, 6) is -4.13. The van der Waals surface area contributed by atoms with Crippen LogP contribution in [0.2, 0.25) is 0 Å². The van der Waals surface area contributed by atoms with Crippen molar-refractivity contribution in [2.45, 2.75) is 18.2 Å². The molecule has 66 valence electrons. The number of carbonyl (C=O) groups excluding carboxylic acids is 1. The van der Waals surface area contributed by atoms with E-state index < -0.39 is 35.4 Å². The van der Waals surface area contributed by atoms with Crippen LogP contribution in [0.25, 0.3) is 0 Å². The molecule has 0 aromatic heterocycles. The first-order valence-corrected chi connectivity index (χ1v) is 3.63. The Bertz CT molecular complexity index is 277. The van der Waals surface area contributed by atoms with Gasteiger partial charge in [-0.3, -0.25) is 4.79 Å². The van der Waals surface area contributed by atoms with E-state index in [-0.39, 0.29) is 6.42 Å². The van der Waals surface area contributed by atoms with E-state index >= 15 is 0 Å². The van der Waals surface area contributed by atoms with Crippen LogP contribution in [0.4, 0.5) is 4.39 Å². The molecule has 2 aliphatic rings. The number of hydrogen-bond donors (Lipinski definition) is 2. The highest BCUT2D eigenvalue weighted by Crippen LogP contribution is 2.61. The van der Waals surface area contributed by atoms with Gasteiger partial charge in [-0.2, -0.15) is 0 Å². The van der Waals surface area contributed by atoms with E-state index in [9.17, 15) is 14.0 Å². The lowest BCUT2D eigenvalue weighted by Crippen LogP contribution is -2.31. The van der Waals surface area contributed by atoms with Gasteiger partial charge in [0.05, 0.1) is 5.92 Å². The number of aliphatic carboxylic acids is 1. The Morgan fingerprint density at radius 2 is 2.25 bits per heavy atom. The molecule has 0 amide bonds. The first-order chi connectivity index (χ1) is 5.49. The molecule has 12 heavy (non-hydrogen) atoms. The van der Waals surface area contributed by atoms with Gasteiger partial charge in [0, 0.05) is 5.92 Å². The maximum absolute atomic E-state index is 13.2. The first-order valence-electron chi connectivity index (χ1n) is 3.63. The predicted molar refractivity (Wildman–Crippen MR) is 34.1 cm³/mol.